The standard InChI is InChI=1S/C17H13F2NO2S/c1-21-13-4-2-11(3-5-13)17-20-12(9-22-17)10-23-14-6-7-15(18)16(19)8-14/h2-9H,10H2,1H3. The van der Waals surface area contributed by atoms with E-state index < -0.39 is 11.6 Å². The van der Waals surface area contributed by atoms with Crippen LogP contribution in [0.25, 0.3) is 11.5 Å². The molecule has 0 radical (unpaired) electrons. The fourth-order valence-electron chi connectivity index (χ4n) is 1.96. The van der Waals surface area contributed by atoms with E-state index in [1.54, 1.807) is 13.4 Å². The molecule has 1 heterocycles. The number of hydrogen-bond acceptors (Lipinski definition) is 4. The molecule has 3 rings (SSSR count). The average Bonchev–Trinajstić information content (AvgIpc) is 3.05. The highest BCUT2D eigenvalue weighted by Gasteiger charge is 2.08. The van der Waals surface area contributed by atoms with E-state index in [4.69, 9.17) is 9.15 Å². The summed E-state index contributed by atoms with van der Waals surface area (Å²) >= 11 is 1.36. The smallest absolute Gasteiger partial charge is 0.226 e. The highest BCUT2D eigenvalue weighted by molar-refractivity contribution is 7.98. The molecule has 1 aromatic heterocycles. The van der Waals surface area contributed by atoms with E-state index in [1.165, 1.54) is 23.9 Å². The van der Waals surface area contributed by atoms with E-state index in [1.807, 2.05) is 24.3 Å². The molecule has 0 aliphatic rings. The van der Waals surface area contributed by atoms with Crippen molar-refractivity contribution in [2.75, 3.05) is 7.11 Å². The van der Waals surface area contributed by atoms with Gasteiger partial charge in [0.05, 0.1) is 12.8 Å². The first-order chi connectivity index (χ1) is 11.2. The summed E-state index contributed by atoms with van der Waals surface area (Å²) < 4.78 is 36.6. The van der Waals surface area contributed by atoms with Crippen LogP contribution in [0.4, 0.5) is 8.78 Å². The second-order valence-electron chi connectivity index (χ2n) is 4.74. The summed E-state index contributed by atoms with van der Waals surface area (Å²) in [5.41, 5.74) is 1.57. The number of benzene rings is 2. The molecule has 0 amide bonds. The molecule has 3 nitrogen and oxygen atoms in total. The maximum Gasteiger partial charge on any atom is 0.226 e. The van der Waals surface area contributed by atoms with Crippen LogP contribution in [-0.2, 0) is 5.75 Å². The molecule has 23 heavy (non-hydrogen) atoms. The lowest BCUT2D eigenvalue weighted by atomic mass is 10.2. The summed E-state index contributed by atoms with van der Waals surface area (Å²) in [5, 5.41) is 0. The number of halogens is 2. The Labute approximate surface area is 136 Å². The minimum atomic E-state index is -0.853. The Balaban J connectivity index is 1.67. The number of hydrogen-bond donors (Lipinski definition) is 0. The van der Waals surface area contributed by atoms with Gasteiger partial charge in [-0.1, -0.05) is 0 Å². The van der Waals surface area contributed by atoms with Crippen LogP contribution in [0.2, 0.25) is 0 Å². The maximum absolute atomic E-state index is 13.2. The monoisotopic (exact) mass is 333 g/mol. The van der Waals surface area contributed by atoms with Crippen LogP contribution in [0.1, 0.15) is 5.69 Å². The third kappa shape index (κ3) is 3.71. The molecule has 0 aliphatic heterocycles. The Morgan fingerprint density at radius 1 is 1.09 bits per heavy atom. The van der Waals surface area contributed by atoms with Gasteiger partial charge < -0.3 is 9.15 Å². The number of aromatic nitrogens is 1. The van der Waals surface area contributed by atoms with Crippen molar-refractivity contribution >= 4 is 11.8 Å². The zero-order valence-electron chi connectivity index (χ0n) is 12.3. The molecule has 0 atom stereocenters. The number of methoxy groups -OCH3 is 1. The topological polar surface area (TPSA) is 35.3 Å². The number of nitrogens with zero attached hydrogens (tertiary/aromatic N) is 1. The quantitative estimate of drug-likeness (QED) is 0.621. The number of thioether (sulfide) groups is 1. The lowest BCUT2D eigenvalue weighted by molar-refractivity contribution is 0.415. The summed E-state index contributed by atoms with van der Waals surface area (Å²) in [6.45, 7) is 0. The van der Waals surface area contributed by atoms with E-state index >= 15 is 0 Å². The molecule has 3 aromatic rings. The average molecular weight is 333 g/mol. The van der Waals surface area contributed by atoms with Gasteiger partial charge in [0, 0.05) is 16.2 Å². The Bertz CT molecular complexity index is 803. The Morgan fingerprint density at radius 3 is 2.57 bits per heavy atom. The van der Waals surface area contributed by atoms with Gasteiger partial charge in [-0.3, -0.25) is 0 Å². The van der Waals surface area contributed by atoms with Gasteiger partial charge in [-0.15, -0.1) is 11.8 Å². The normalized spacial score (nSPS) is 10.7. The molecule has 118 valence electrons. The van der Waals surface area contributed by atoms with Crippen molar-refractivity contribution in [1.29, 1.82) is 0 Å². The minimum Gasteiger partial charge on any atom is -0.497 e. The summed E-state index contributed by atoms with van der Waals surface area (Å²) in [7, 11) is 1.60. The van der Waals surface area contributed by atoms with Gasteiger partial charge in [0.1, 0.15) is 12.0 Å². The third-order valence-corrected chi connectivity index (χ3v) is 4.19. The van der Waals surface area contributed by atoms with Crippen molar-refractivity contribution in [3.05, 3.63) is 66.1 Å². The molecule has 0 N–H and O–H groups in total. The van der Waals surface area contributed by atoms with Crippen molar-refractivity contribution in [3.8, 4) is 17.2 Å². The minimum absolute atomic E-state index is 0.505. The van der Waals surface area contributed by atoms with E-state index in [0.717, 1.165) is 23.1 Å². The van der Waals surface area contributed by atoms with Crippen LogP contribution in [0, 0.1) is 11.6 Å². The van der Waals surface area contributed by atoms with E-state index in [9.17, 15) is 8.78 Å². The lowest BCUT2D eigenvalue weighted by Crippen LogP contribution is -1.86. The molecule has 2 aromatic carbocycles. The molecule has 0 saturated heterocycles. The third-order valence-electron chi connectivity index (χ3n) is 3.17. The van der Waals surface area contributed by atoms with Gasteiger partial charge in [0.2, 0.25) is 5.89 Å². The summed E-state index contributed by atoms with van der Waals surface area (Å²) in [4.78, 5) is 5.03. The van der Waals surface area contributed by atoms with Crippen LogP contribution in [0.3, 0.4) is 0 Å². The number of rotatable bonds is 5. The Morgan fingerprint density at radius 2 is 1.87 bits per heavy atom. The van der Waals surface area contributed by atoms with Crippen LogP contribution in [-0.4, -0.2) is 12.1 Å². The van der Waals surface area contributed by atoms with Gasteiger partial charge in [0.15, 0.2) is 11.6 Å². The second-order valence-corrected chi connectivity index (χ2v) is 5.79. The van der Waals surface area contributed by atoms with E-state index in [0.29, 0.717) is 16.5 Å². The highest BCUT2D eigenvalue weighted by atomic mass is 32.2. The first-order valence-electron chi connectivity index (χ1n) is 6.82. The maximum atomic E-state index is 13.2. The van der Waals surface area contributed by atoms with Crippen LogP contribution in [0.5, 0.6) is 5.75 Å². The molecule has 0 saturated carbocycles. The predicted molar refractivity (Wildman–Crippen MR) is 84.4 cm³/mol. The van der Waals surface area contributed by atoms with Gasteiger partial charge >= 0.3 is 0 Å². The highest BCUT2D eigenvalue weighted by Crippen LogP contribution is 2.26. The first-order valence-corrected chi connectivity index (χ1v) is 7.81. The fourth-order valence-corrected chi connectivity index (χ4v) is 2.76. The molecule has 0 fully saturated rings. The van der Waals surface area contributed by atoms with Crippen molar-refractivity contribution in [2.45, 2.75) is 10.6 Å². The lowest BCUT2D eigenvalue weighted by Gasteiger charge is -2.00. The zero-order valence-corrected chi connectivity index (χ0v) is 13.1. The Hall–Kier alpha value is -2.34. The van der Waals surface area contributed by atoms with Crippen molar-refractivity contribution < 1.29 is 17.9 Å². The van der Waals surface area contributed by atoms with Gasteiger partial charge in [0.25, 0.3) is 0 Å². The first kappa shape index (κ1) is 15.6. The SMILES string of the molecule is COc1ccc(-c2nc(CSc3ccc(F)c(F)c3)co2)cc1. The molecule has 0 aliphatic carbocycles. The van der Waals surface area contributed by atoms with Crippen LogP contribution in [0.15, 0.2) is 58.0 Å². The largest absolute Gasteiger partial charge is 0.497 e. The number of oxazole rings is 1. The molecule has 0 spiro atoms. The summed E-state index contributed by atoms with van der Waals surface area (Å²) in [6, 6.07) is 11.2. The fraction of sp³-hybridized carbons (Fsp3) is 0.118. The van der Waals surface area contributed by atoms with Crippen molar-refractivity contribution in [2.24, 2.45) is 0 Å². The van der Waals surface area contributed by atoms with E-state index in [2.05, 4.69) is 4.98 Å². The van der Waals surface area contributed by atoms with Gasteiger partial charge in [-0.25, -0.2) is 13.8 Å². The van der Waals surface area contributed by atoms with E-state index in [-0.39, 0.29) is 0 Å². The van der Waals surface area contributed by atoms with Gasteiger partial charge in [-0.05, 0) is 42.5 Å². The Kier molecular flexibility index (Phi) is 4.62. The predicted octanol–water partition coefficient (Wildman–Crippen LogP) is 4.92. The van der Waals surface area contributed by atoms with Crippen molar-refractivity contribution in [1.82, 2.24) is 4.98 Å². The second kappa shape index (κ2) is 6.83. The van der Waals surface area contributed by atoms with Crippen molar-refractivity contribution in [3.63, 3.8) is 0 Å². The molecule has 0 unspecified atom stereocenters. The van der Waals surface area contributed by atoms with Gasteiger partial charge in [-0.2, -0.15) is 0 Å². The zero-order chi connectivity index (χ0) is 16.2. The summed E-state index contributed by atoms with van der Waals surface area (Å²) in [5.74, 6) is 0.0691. The number of ether oxygens (including phenoxy) is 1. The van der Waals surface area contributed by atoms with Crippen LogP contribution < -0.4 is 4.74 Å². The molecular weight excluding hydrogens is 320 g/mol. The molecular formula is C17H13F2NO2S. The summed E-state index contributed by atoms with van der Waals surface area (Å²) in [6.07, 6.45) is 1.56. The molecule has 0 bridgehead atoms. The molecule has 6 heteroatoms. The van der Waals surface area contributed by atoms with Crippen LogP contribution >= 0.6 is 11.8 Å².